The van der Waals surface area contributed by atoms with Crippen molar-refractivity contribution in [2.45, 2.75) is 64.6 Å². The Morgan fingerprint density at radius 1 is 0.857 bits per heavy atom. The number of benzene rings is 2. The highest BCUT2D eigenvalue weighted by Crippen LogP contribution is 2.33. The highest BCUT2D eigenvalue weighted by Gasteiger charge is 2.37. The Balaban J connectivity index is 2.16. The van der Waals surface area contributed by atoms with Crippen LogP contribution in [-0.2, 0) is 15.0 Å². The minimum atomic E-state index is -1.44. The molecule has 0 spiro atoms. The van der Waals surface area contributed by atoms with Gasteiger partial charge in [-0.15, -0.1) is 0 Å². The van der Waals surface area contributed by atoms with Crippen molar-refractivity contribution in [2.24, 2.45) is 0 Å². The van der Waals surface area contributed by atoms with E-state index >= 15 is 0 Å². The fraction of sp³-hybridized carbons (Fsp3) is 0.345. The van der Waals surface area contributed by atoms with E-state index in [0.29, 0.717) is 16.8 Å². The third-order valence-electron chi connectivity index (χ3n) is 5.60. The van der Waals surface area contributed by atoms with Gasteiger partial charge >= 0.3 is 0 Å². The number of carbonyl (C=O) groups excluding carboxylic acids is 2. The summed E-state index contributed by atoms with van der Waals surface area (Å²) >= 11 is 0. The van der Waals surface area contributed by atoms with E-state index in [1.165, 1.54) is 4.90 Å². The van der Waals surface area contributed by atoms with Gasteiger partial charge in [-0.3, -0.25) is 19.5 Å². The van der Waals surface area contributed by atoms with Crippen LogP contribution in [0.25, 0.3) is 0 Å². The Hall–Kier alpha value is -3.51. The molecular weight excluding hydrogens is 438 g/mol. The number of aliphatic hydroxyl groups is 1. The molecule has 0 aliphatic heterocycles. The molecule has 3 rings (SSSR count). The molecule has 0 saturated carbocycles. The Morgan fingerprint density at radius 2 is 1.46 bits per heavy atom. The van der Waals surface area contributed by atoms with Crippen molar-refractivity contribution in [3.05, 3.63) is 95.8 Å². The van der Waals surface area contributed by atoms with Crippen molar-refractivity contribution < 1.29 is 14.7 Å². The van der Waals surface area contributed by atoms with Gasteiger partial charge in [0.25, 0.3) is 5.91 Å². The van der Waals surface area contributed by atoms with E-state index in [0.717, 1.165) is 5.56 Å². The van der Waals surface area contributed by atoms with Crippen LogP contribution in [0.3, 0.4) is 0 Å². The highest BCUT2D eigenvalue weighted by molar-refractivity contribution is 6.03. The molecule has 0 fully saturated rings. The molecule has 0 saturated heterocycles. The van der Waals surface area contributed by atoms with Crippen LogP contribution in [-0.4, -0.2) is 27.4 Å². The minimum absolute atomic E-state index is 0.0801. The molecule has 1 unspecified atom stereocenters. The zero-order valence-electron chi connectivity index (χ0n) is 21.3. The molecule has 0 aliphatic carbocycles. The molecule has 6 heteroatoms. The second-order valence-corrected chi connectivity index (χ2v) is 10.7. The van der Waals surface area contributed by atoms with E-state index < -0.39 is 23.6 Å². The summed E-state index contributed by atoms with van der Waals surface area (Å²) in [7, 11) is 0. The van der Waals surface area contributed by atoms with Crippen LogP contribution < -0.4 is 10.2 Å². The monoisotopic (exact) mass is 473 g/mol. The molecule has 0 bridgehead atoms. The quantitative estimate of drug-likeness (QED) is 0.522. The SMILES string of the molecule is CC(C)(C)NC(=O)C(c1cccnc1)N(C(=O)[C@@H](O)c1ccccc1)c1ccc(C(C)(C)C)cc1. The first-order valence-corrected chi connectivity index (χ1v) is 11.8. The summed E-state index contributed by atoms with van der Waals surface area (Å²) < 4.78 is 0. The van der Waals surface area contributed by atoms with Gasteiger partial charge in [-0.1, -0.05) is 69.3 Å². The van der Waals surface area contributed by atoms with Gasteiger partial charge in [0.15, 0.2) is 6.10 Å². The molecule has 35 heavy (non-hydrogen) atoms. The molecule has 184 valence electrons. The Kier molecular flexibility index (Phi) is 7.76. The van der Waals surface area contributed by atoms with Crippen molar-refractivity contribution in [1.29, 1.82) is 0 Å². The van der Waals surface area contributed by atoms with Crippen LogP contribution in [0, 0.1) is 0 Å². The molecule has 0 aliphatic rings. The molecular formula is C29H35N3O3. The third kappa shape index (κ3) is 6.55. The van der Waals surface area contributed by atoms with E-state index in [2.05, 4.69) is 31.1 Å². The molecule has 2 amide bonds. The molecule has 2 atom stereocenters. The van der Waals surface area contributed by atoms with Gasteiger partial charge in [0.05, 0.1) is 0 Å². The van der Waals surface area contributed by atoms with E-state index in [-0.39, 0.29) is 11.3 Å². The fourth-order valence-electron chi connectivity index (χ4n) is 3.83. The summed E-state index contributed by atoms with van der Waals surface area (Å²) in [6, 6.07) is 18.7. The summed E-state index contributed by atoms with van der Waals surface area (Å²) in [5.74, 6) is -0.961. The highest BCUT2D eigenvalue weighted by atomic mass is 16.3. The maximum atomic E-state index is 13.9. The Labute approximate surface area is 208 Å². The predicted octanol–water partition coefficient (Wildman–Crippen LogP) is 5.10. The smallest absolute Gasteiger partial charge is 0.261 e. The molecule has 0 radical (unpaired) electrons. The van der Waals surface area contributed by atoms with Crippen LogP contribution in [0.4, 0.5) is 5.69 Å². The average molecular weight is 474 g/mol. The molecule has 2 N–H and O–H groups in total. The van der Waals surface area contributed by atoms with Gasteiger partial charge in [0.1, 0.15) is 6.04 Å². The summed E-state index contributed by atoms with van der Waals surface area (Å²) in [5, 5.41) is 14.1. The summed E-state index contributed by atoms with van der Waals surface area (Å²) in [6.45, 7) is 12.0. The van der Waals surface area contributed by atoms with Crippen LogP contribution in [0.15, 0.2) is 79.1 Å². The van der Waals surface area contributed by atoms with Gasteiger partial charge in [-0.05, 0) is 55.5 Å². The number of hydrogen-bond donors (Lipinski definition) is 2. The maximum absolute atomic E-state index is 13.9. The Bertz CT molecular complexity index is 1130. The van der Waals surface area contributed by atoms with Crippen molar-refractivity contribution in [3.8, 4) is 0 Å². The molecule has 1 heterocycles. The topological polar surface area (TPSA) is 82.5 Å². The second kappa shape index (κ2) is 10.4. The lowest BCUT2D eigenvalue weighted by Crippen LogP contribution is -2.50. The van der Waals surface area contributed by atoms with Gasteiger partial charge < -0.3 is 10.4 Å². The Morgan fingerprint density at radius 3 is 1.97 bits per heavy atom. The lowest BCUT2D eigenvalue weighted by molar-refractivity contribution is -0.131. The number of nitrogens with one attached hydrogen (secondary N) is 1. The summed E-state index contributed by atoms with van der Waals surface area (Å²) in [4.78, 5) is 33.1. The number of amides is 2. The van der Waals surface area contributed by atoms with E-state index in [9.17, 15) is 14.7 Å². The fourth-order valence-corrected chi connectivity index (χ4v) is 3.83. The van der Waals surface area contributed by atoms with Crippen LogP contribution in [0.1, 0.15) is 70.4 Å². The first kappa shape index (κ1) is 26.1. The summed E-state index contributed by atoms with van der Waals surface area (Å²) in [5.41, 5.74) is 1.99. The second-order valence-electron chi connectivity index (χ2n) is 10.7. The average Bonchev–Trinajstić information content (AvgIpc) is 2.81. The largest absolute Gasteiger partial charge is 0.378 e. The lowest BCUT2D eigenvalue weighted by Gasteiger charge is -2.35. The van der Waals surface area contributed by atoms with Crippen LogP contribution >= 0.6 is 0 Å². The van der Waals surface area contributed by atoms with Gasteiger partial charge in [-0.25, -0.2) is 0 Å². The minimum Gasteiger partial charge on any atom is -0.378 e. The van der Waals surface area contributed by atoms with Crippen molar-refractivity contribution in [2.75, 3.05) is 4.90 Å². The van der Waals surface area contributed by atoms with Gasteiger partial charge in [0.2, 0.25) is 5.91 Å². The zero-order valence-corrected chi connectivity index (χ0v) is 21.3. The summed E-state index contributed by atoms with van der Waals surface area (Å²) in [6.07, 6.45) is 1.75. The number of nitrogens with zero attached hydrogens (tertiary/aromatic N) is 2. The van der Waals surface area contributed by atoms with Crippen molar-refractivity contribution in [3.63, 3.8) is 0 Å². The number of anilines is 1. The number of aliphatic hydroxyl groups excluding tert-OH is 1. The normalized spacial score (nSPS) is 13.6. The number of rotatable bonds is 6. The lowest BCUT2D eigenvalue weighted by atomic mass is 9.87. The number of aromatic nitrogens is 1. The van der Waals surface area contributed by atoms with Crippen molar-refractivity contribution >= 4 is 17.5 Å². The van der Waals surface area contributed by atoms with Gasteiger partial charge in [0, 0.05) is 29.2 Å². The molecule has 6 nitrogen and oxygen atoms in total. The van der Waals surface area contributed by atoms with Crippen LogP contribution in [0.2, 0.25) is 0 Å². The van der Waals surface area contributed by atoms with Crippen LogP contribution in [0.5, 0.6) is 0 Å². The van der Waals surface area contributed by atoms with E-state index in [4.69, 9.17) is 0 Å². The van der Waals surface area contributed by atoms with E-state index in [1.54, 1.807) is 48.8 Å². The number of hydrogen-bond acceptors (Lipinski definition) is 4. The van der Waals surface area contributed by atoms with Crippen molar-refractivity contribution in [1.82, 2.24) is 10.3 Å². The molecule has 2 aromatic carbocycles. The van der Waals surface area contributed by atoms with Gasteiger partial charge in [-0.2, -0.15) is 0 Å². The molecule has 3 aromatic rings. The first-order valence-electron chi connectivity index (χ1n) is 11.8. The molecule has 1 aromatic heterocycles. The standard InChI is InChI=1S/C29H35N3O3/c1-28(2,3)22-14-16-23(17-15-22)32(27(35)25(33)20-11-8-7-9-12-20)24(21-13-10-18-30-19-21)26(34)31-29(4,5)6/h7-19,24-25,33H,1-6H3,(H,31,34)/t24?,25-/m0/s1. The zero-order chi connectivity index (χ0) is 25.8. The third-order valence-corrected chi connectivity index (χ3v) is 5.60. The van der Waals surface area contributed by atoms with E-state index in [1.807, 2.05) is 51.1 Å². The first-order chi connectivity index (χ1) is 16.4. The number of carbonyl (C=O) groups is 2. The predicted molar refractivity (Wildman–Crippen MR) is 139 cm³/mol. The maximum Gasteiger partial charge on any atom is 0.261 e. The number of pyridine rings is 1.